The van der Waals surface area contributed by atoms with E-state index in [1.165, 1.54) is 6.33 Å². The predicted octanol–water partition coefficient (Wildman–Crippen LogP) is 1.41. The molecule has 1 amide bonds. The zero-order chi connectivity index (χ0) is 16.1. The third-order valence-corrected chi connectivity index (χ3v) is 4.10. The minimum Gasteiger partial charge on any atom is -0.341 e. The number of aryl methyl sites for hydroxylation is 2. The van der Waals surface area contributed by atoms with E-state index >= 15 is 0 Å². The van der Waals surface area contributed by atoms with Gasteiger partial charge in [0.05, 0.1) is 6.04 Å². The molecule has 1 fully saturated rings. The molecule has 1 atom stereocenters. The van der Waals surface area contributed by atoms with Gasteiger partial charge in [-0.2, -0.15) is 10.1 Å². The Balaban J connectivity index is 1.51. The van der Waals surface area contributed by atoms with E-state index in [0.717, 1.165) is 38.1 Å². The number of hydrogen-bond donors (Lipinski definition) is 0. The van der Waals surface area contributed by atoms with E-state index in [2.05, 4.69) is 27.1 Å². The van der Waals surface area contributed by atoms with Crippen molar-refractivity contribution in [2.24, 2.45) is 0 Å². The summed E-state index contributed by atoms with van der Waals surface area (Å²) in [5, 5.41) is 8.09. The van der Waals surface area contributed by atoms with Crippen molar-refractivity contribution < 1.29 is 9.32 Å². The standard InChI is InChI=1S/C15H22N6O2/c1-2-4-13-18-14(23-19-13)6-7-15(22)20-8-3-5-12(9-20)21-11-16-10-17-21/h10-12H,2-9H2,1H3/t12-/m0/s1. The number of amides is 1. The highest BCUT2D eigenvalue weighted by molar-refractivity contribution is 5.76. The summed E-state index contributed by atoms with van der Waals surface area (Å²) in [7, 11) is 0. The Kier molecular flexibility index (Phi) is 4.99. The number of piperidine rings is 1. The average Bonchev–Trinajstić information content (AvgIpc) is 3.25. The Morgan fingerprint density at radius 3 is 3.13 bits per heavy atom. The number of carbonyl (C=O) groups is 1. The fourth-order valence-corrected chi connectivity index (χ4v) is 2.89. The van der Waals surface area contributed by atoms with Crippen molar-refractivity contribution in [2.75, 3.05) is 13.1 Å². The van der Waals surface area contributed by atoms with Crippen molar-refractivity contribution in [3.8, 4) is 0 Å². The topological polar surface area (TPSA) is 89.9 Å². The van der Waals surface area contributed by atoms with Gasteiger partial charge < -0.3 is 9.42 Å². The van der Waals surface area contributed by atoms with E-state index in [0.29, 0.717) is 25.3 Å². The van der Waals surface area contributed by atoms with Gasteiger partial charge in [0.15, 0.2) is 5.82 Å². The lowest BCUT2D eigenvalue weighted by atomic mass is 10.1. The number of carbonyl (C=O) groups excluding carboxylic acids is 1. The van der Waals surface area contributed by atoms with Crippen LogP contribution in [0.3, 0.4) is 0 Å². The minimum atomic E-state index is 0.130. The van der Waals surface area contributed by atoms with Gasteiger partial charge in [-0.25, -0.2) is 9.67 Å². The first-order valence-corrected chi connectivity index (χ1v) is 8.19. The van der Waals surface area contributed by atoms with Gasteiger partial charge in [0.1, 0.15) is 12.7 Å². The zero-order valence-electron chi connectivity index (χ0n) is 13.4. The van der Waals surface area contributed by atoms with Gasteiger partial charge in [0.25, 0.3) is 0 Å². The number of aromatic nitrogens is 5. The molecule has 1 aliphatic rings. The Bertz CT molecular complexity index is 624. The van der Waals surface area contributed by atoms with E-state index in [-0.39, 0.29) is 11.9 Å². The van der Waals surface area contributed by atoms with E-state index in [4.69, 9.17) is 4.52 Å². The zero-order valence-corrected chi connectivity index (χ0v) is 13.4. The largest absolute Gasteiger partial charge is 0.341 e. The maximum Gasteiger partial charge on any atom is 0.227 e. The fraction of sp³-hybridized carbons (Fsp3) is 0.667. The molecule has 23 heavy (non-hydrogen) atoms. The van der Waals surface area contributed by atoms with Crippen LogP contribution in [0.5, 0.6) is 0 Å². The number of nitrogens with zero attached hydrogens (tertiary/aromatic N) is 6. The molecule has 0 N–H and O–H groups in total. The summed E-state index contributed by atoms with van der Waals surface area (Å²) in [6.07, 6.45) is 7.95. The van der Waals surface area contributed by atoms with Crippen molar-refractivity contribution in [2.45, 2.75) is 51.5 Å². The Labute approximate surface area is 134 Å². The molecule has 2 aromatic heterocycles. The lowest BCUT2D eigenvalue weighted by molar-refractivity contribution is -0.133. The van der Waals surface area contributed by atoms with Crippen molar-refractivity contribution in [3.63, 3.8) is 0 Å². The lowest BCUT2D eigenvalue weighted by Gasteiger charge is -2.32. The summed E-state index contributed by atoms with van der Waals surface area (Å²) < 4.78 is 7.02. The third kappa shape index (κ3) is 3.94. The maximum absolute atomic E-state index is 12.4. The SMILES string of the molecule is CCCc1noc(CCC(=O)N2CCC[C@H](n3cncn3)C2)n1. The second-order valence-corrected chi connectivity index (χ2v) is 5.87. The van der Waals surface area contributed by atoms with Crippen LogP contribution in [0.15, 0.2) is 17.2 Å². The van der Waals surface area contributed by atoms with Crippen molar-refractivity contribution in [3.05, 3.63) is 24.4 Å². The normalized spacial score (nSPS) is 18.3. The van der Waals surface area contributed by atoms with Crippen LogP contribution in [-0.2, 0) is 17.6 Å². The summed E-state index contributed by atoms with van der Waals surface area (Å²) >= 11 is 0. The number of rotatable bonds is 6. The van der Waals surface area contributed by atoms with Gasteiger partial charge in [0, 0.05) is 32.4 Å². The quantitative estimate of drug-likeness (QED) is 0.800. The lowest BCUT2D eigenvalue weighted by Crippen LogP contribution is -2.40. The first kappa shape index (κ1) is 15.6. The molecular formula is C15H22N6O2. The number of hydrogen-bond acceptors (Lipinski definition) is 6. The van der Waals surface area contributed by atoms with Gasteiger partial charge in [0.2, 0.25) is 11.8 Å². The van der Waals surface area contributed by atoms with E-state index in [9.17, 15) is 4.79 Å². The van der Waals surface area contributed by atoms with E-state index in [1.807, 2.05) is 9.58 Å². The van der Waals surface area contributed by atoms with Crippen molar-refractivity contribution in [1.82, 2.24) is 29.8 Å². The molecule has 0 spiro atoms. The van der Waals surface area contributed by atoms with Gasteiger partial charge in [-0.3, -0.25) is 4.79 Å². The van der Waals surface area contributed by atoms with Crippen molar-refractivity contribution in [1.29, 1.82) is 0 Å². The highest BCUT2D eigenvalue weighted by Gasteiger charge is 2.25. The maximum atomic E-state index is 12.4. The van der Waals surface area contributed by atoms with Crippen LogP contribution in [0.25, 0.3) is 0 Å². The Morgan fingerprint density at radius 2 is 2.35 bits per heavy atom. The highest BCUT2D eigenvalue weighted by Crippen LogP contribution is 2.21. The second-order valence-electron chi connectivity index (χ2n) is 5.87. The van der Waals surface area contributed by atoms with Crippen LogP contribution in [0.1, 0.15) is 50.4 Å². The molecule has 0 bridgehead atoms. The summed E-state index contributed by atoms with van der Waals surface area (Å²) in [6, 6.07) is 0.217. The van der Waals surface area contributed by atoms with Gasteiger partial charge in [-0.1, -0.05) is 12.1 Å². The fourth-order valence-electron chi connectivity index (χ4n) is 2.89. The van der Waals surface area contributed by atoms with E-state index < -0.39 is 0 Å². The molecule has 1 aliphatic heterocycles. The van der Waals surface area contributed by atoms with Gasteiger partial charge in [-0.15, -0.1) is 0 Å². The summed E-state index contributed by atoms with van der Waals surface area (Å²) in [5.41, 5.74) is 0. The molecule has 0 unspecified atom stereocenters. The van der Waals surface area contributed by atoms with Crippen LogP contribution < -0.4 is 0 Å². The second kappa shape index (κ2) is 7.34. The average molecular weight is 318 g/mol. The number of likely N-dealkylation sites (tertiary alicyclic amines) is 1. The first-order chi connectivity index (χ1) is 11.3. The predicted molar refractivity (Wildman–Crippen MR) is 81.5 cm³/mol. The van der Waals surface area contributed by atoms with Crippen LogP contribution in [-0.4, -0.2) is 48.8 Å². The molecule has 2 aromatic rings. The molecular weight excluding hydrogens is 296 g/mol. The molecule has 0 radical (unpaired) electrons. The molecule has 8 heteroatoms. The Morgan fingerprint density at radius 1 is 1.43 bits per heavy atom. The first-order valence-electron chi connectivity index (χ1n) is 8.19. The molecule has 1 saturated heterocycles. The molecule has 3 heterocycles. The van der Waals surface area contributed by atoms with E-state index in [1.54, 1.807) is 6.33 Å². The molecule has 8 nitrogen and oxygen atoms in total. The van der Waals surface area contributed by atoms with Crippen LogP contribution in [0, 0.1) is 0 Å². The minimum absolute atomic E-state index is 0.130. The monoisotopic (exact) mass is 318 g/mol. The van der Waals surface area contributed by atoms with Crippen molar-refractivity contribution >= 4 is 5.91 Å². The molecule has 124 valence electrons. The molecule has 0 aliphatic carbocycles. The molecule has 0 saturated carbocycles. The van der Waals surface area contributed by atoms with Crippen LogP contribution in [0.2, 0.25) is 0 Å². The summed E-state index contributed by atoms with van der Waals surface area (Å²) in [4.78, 5) is 22.6. The van der Waals surface area contributed by atoms with Gasteiger partial charge >= 0.3 is 0 Å². The smallest absolute Gasteiger partial charge is 0.227 e. The summed E-state index contributed by atoms with van der Waals surface area (Å²) in [5.74, 6) is 1.40. The highest BCUT2D eigenvalue weighted by atomic mass is 16.5. The van der Waals surface area contributed by atoms with Gasteiger partial charge in [-0.05, 0) is 19.3 Å². The molecule has 0 aromatic carbocycles. The Hall–Kier alpha value is -2.25. The van der Waals surface area contributed by atoms with Crippen LogP contribution in [0.4, 0.5) is 0 Å². The molecule has 3 rings (SSSR count). The third-order valence-electron chi connectivity index (χ3n) is 4.10. The summed E-state index contributed by atoms with van der Waals surface area (Å²) in [6.45, 7) is 3.56. The van der Waals surface area contributed by atoms with Crippen LogP contribution >= 0.6 is 0 Å².